The van der Waals surface area contributed by atoms with Crippen molar-refractivity contribution in [1.82, 2.24) is 0 Å². The molecule has 0 saturated heterocycles. The van der Waals surface area contributed by atoms with Gasteiger partial charge in [0.2, 0.25) is 5.78 Å². The molecule has 0 spiro atoms. The number of carbonyl (C=O) groups excluding carboxylic acids is 1. The lowest BCUT2D eigenvalue weighted by Crippen LogP contribution is -2.41. The highest BCUT2D eigenvalue weighted by Gasteiger charge is 2.45. The third kappa shape index (κ3) is 1.91. The van der Waals surface area contributed by atoms with Crippen molar-refractivity contribution >= 4 is 5.78 Å². The van der Waals surface area contributed by atoms with E-state index >= 15 is 0 Å². The minimum absolute atomic E-state index is 0.0262. The molecule has 0 amide bonds. The van der Waals surface area contributed by atoms with Crippen LogP contribution in [0.1, 0.15) is 27.6 Å². The van der Waals surface area contributed by atoms with Crippen LogP contribution in [-0.2, 0) is 11.3 Å². The molecule has 2 heterocycles. The van der Waals surface area contributed by atoms with Gasteiger partial charge in [0.05, 0.1) is 13.7 Å². The fourth-order valence-electron chi connectivity index (χ4n) is 3.17. The van der Waals surface area contributed by atoms with E-state index in [0.29, 0.717) is 11.1 Å². The number of fused-ring (bicyclic) bond motifs is 4. The van der Waals surface area contributed by atoms with Crippen LogP contribution in [0.25, 0.3) is 0 Å². The lowest BCUT2D eigenvalue weighted by Gasteiger charge is -2.37. The van der Waals surface area contributed by atoms with Gasteiger partial charge in [0.1, 0.15) is 22.8 Å². The number of rotatable bonds is 1. The molecule has 2 aliphatic heterocycles. The summed E-state index contributed by atoms with van der Waals surface area (Å²) in [5.74, 6) is -0.587. The van der Waals surface area contributed by atoms with Gasteiger partial charge in [-0.25, -0.2) is 0 Å². The molecule has 0 bridgehead atoms. The zero-order valence-corrected chi connectivity index (χ0v) is 12.6. The number of ether oxygens (including phenoxy) is 3. The highest BCUT2D eigenvalue weighted by atomic mass is 16.6. The van der Waals surface area contributed by atoms with E-state index in [-0.39, 0.29) is 46.7 Å². The lowest BCUT2D eigenvalue weighted by molar-refractivity contribution is -0.0433. The van der Waals surface area contributed by atoms with Gasteiger partial charge in [-0.3, -0.25) is 4.79 Å². The van der Waals surface area contributed by atoms with Crippen molar-refractivity contribution in [2.24, 2.45) is 0 Å². The largest absolute Gasteiger partial charge is 0.508 e. The molecular weight excluding hydrogens is 316 g/mol. The number of aromatic hydroxyl groups is 3. The summed E-state index contributed by atoms with van der Waals surface area (Å²) in [6.07, 6.45) is -1.68. The van der Waals surface area contributed by atoms with Crippen LogP contribution in [0.4, 0.5) is 0 Å². The summed E-state index contributed by atoms with van der Waals surface area (Å²) in [6, 6.07) is 5.59. The van der Waals surface area contributed by atoms with Crippen molar-refractivity contribution < 1.29 is 34.3 Å². The second kappa shape index (κ2) is 5.04. The SMILES string of the molecule is COc1cc(O)cc2c1C(=O)C1OCc3c(ccc(O)c3O)C1O2. The van der Waals surface area contributed by atoms with E-state index in [4.69, 9.17) is 14.2 Å². The Labute approximate surface area is 136 Å². The molecule has 0 aliphatic carbocycles. The Kier molecular flexibility index (Phi) is 3.07. The maximum absolute atomic E-state index is 12.8. The quantitative estimate of drug-likeness (QED) is 0.687. The van der Waals surface area contributed by atoms with Gasteiger partial charge in [0.25, 0.3) is 0 Å². The number of methoxy groups -OCH3 is 1. The van der Waals surface area contributed by atoms with Gasteiger partial charge in [0.15, 0.2) is 23.7 Å². The summed E-state index contributed by atoms with van der Waals surface area (Å²) in [5, 5.41) is 29.4. The van der Waals surface area contributed by atoms with Crippen LogP contribution in [0.2, 0.25) is 0 Å². The maximum atomic E-state index is 12.8. The minimum atomic E-state index is -0.896. The lowest BCUT2D eigenvalue weighted by atomic mass is 9.88. The average molecular weight is 330 g/mol. The Morgan fingerprint density at radius 3 is 2.71 bits per heavy atom. The van der Waals surface area contributed by atoms with Crippen molar-refractivity contribution in [3.8, 4) is 28.7 Å². The Morgan fingerprint density at radius 2 is 1.96 bits per heavy atom. The molecule has 2 unspecified atom stereocenters. The number of ketones is 1. The third-order valence-corrected chi connectivity index (χ3v) is 4.32. The Morgan fingerprint density at radius 1 is 1.17 bits per heavy atom. The monoisotopic (exact) mass is 330 g/mol. The molecule has 0 saturated carbocycles. The molecule has 7 heteroatoms. The standard InChI is InChI=1S/C17H14O7/c1-22-11-4-7(18)5-12-13(11)15(21)17-16(24-12)8-2-3-10(19)14(20)9(8)6-23-17/h2-5,16-20H,6H2,1H3. The summed E-state index contributed by atoms with van der Waals surface area (Å²) in [4.78, 5) is 12.8. The molecule has 2 atom stereocenters. The summed E-state index contributed by atoms with van der Waals surface area (Å²) >= 11 is 0. The zero-order chi connectivity index (χ0) is 17.0. The van der Waals surface area contributed by atoms with Crippen molar-refractivity contribution in [3.05, 3.63) is 41.0 Å². The maximum Gasteiger partial charge on any atom is 0.203 e. The fourth-order valence-corrected chi connectivity index (χ4v) is 3.17. The second-order valence-electron chi connectivity index (χ2n) is 5.66. The third-order valence-electron chi connectivity index (χ3n) is 4.32. The molecule has 7 nitrogen and oxygen atoms in total. The van der Waals surface area contributed by atoms with Gasteiger partial charge < -0.3 is 29.5 Å². The van der Waals surface area contributed by atoms with Gasteiger partial charge in [-0.05, 0) is 6.07 Å². The molecule has 2 aromatic carbocycles. The smallest absolute Gasteiger partial charge is 0.203 e. The van der Waals surface area contributed by atoms with Crippen LogP contribution in [-0.4, -0.2) is 34.3 Å². The van der Waals surface area contributed by atoms with Crippen molar-refractivity contribution in [1.29, 1.82) is 0 Å². The van der Waals surface area contributed by atoms with E-state index in [2.05, 4.69) is 0 Å². The van der Waals surface area contributed by atoms with E-state index in [9.17, 15) is 20.1 Å². The number of phenolic OH excluding ortho intramolecular Hbond substituents is 3. The highest BCUT2D eigenvalue weighted by Crippen LogP contribution is 2.47. The van der Waals surface area contributed by atoms with Gasteiger partial charge in [-0.15, -0.1) is 0 Å². The molecule has 124 valence electrons. The number of Topliss-reactive ketones (excluding diaryl/α,β-unsaturated/α-hetero) is 1. The van der Waals surface area contributed by atoms with Gasteiger partial charge in [-0.1, -0.05) is 6.07 Å². The summed E-state index contributed by atoms with van der Waals surface area (Å²) in [5.41, 5.74) is 1.14. The first-order valence-corrected chi connectivity index (χ1v) is 7.28. The molecule has 24 heavy (non-hydrogen) atoms. The van der Waals surface area contributed by atoms with Crippen LogP contribution >= 0.6 is 0 Å². The van der Waals surface area contributed by atoms with Gasteiger partial charge in [0, 0.05) is 23.3 Å². The average Bonchev–Trinajstić information content (AvgIpc) is 2.57. The number of hydrogen-bond acceptors (Lipinski definition) is 7. The first-order chi connectivity index (χ1) is 11.5. The summed E-state index contributed by atoms with van der Waals surface area (Å²) in [6.45, 7) is -0.0262. The van der Waals surface area contributed by atoms with Crippen molar-refractivity contribution in [2.75, 3.05) is 7.11 Å². The predicted molar refractivity (Wildman–Crippen MR) is 80.7 cm³/mol. The predicted octanol–water partition coefficient (Wildman–Crippen LogP) is 2.03. The highest BCUT2D eigenvalue weighted by molar-refractivity contribution is 6.06. The number of benzene rings is 2. The van der Waals surface area contributed by atoms with E-state index in [1.165, 1.54) is 25.3 Å². The first-order valence-electron chi connectivity index (χ1n) is 7.28. The van der Waals surface area contributed by atoms with Crippen LogP contribution in [0.5, 0.6) is 28.7 Å². The van der Waals surface area contributed by atoms with E-state index in [1.54, 1.807) is 6.07 Å². The topological polar surface area (TPSA) is 105 Å². The number of phenols is 3. The zero-order valence-electron chi connectivity index (χ0n) is 12.6. The minimum Gasteiger partial charge on any atom is -0.508 e. The Hall–Kier alpha value is -2.93. The first kappa shape index (κ1) is 14.6. The molecule has 0 aromatic heterocycles. The van der Waals surface area contributed by atoms with E-state index in [1.807, 2.05) is 0 Å². The molecular formula is C17H14O7. The van der Waals surface area contributed by atoms with Crippen LogP contribution < -0.4 is 9.47 Å². The van der Waals surface area contributed by atoms with Gasteiger partial charge >= 0.3 is 0 Å². The number of carbonyl (C=O) groups is 1. The molecule has 0 radical (unpaired) electrons. The number of hydrogen-bond donors (Lipinski definition) is 3. The van der Waals surface area contributed by atoms with E-state index < -0.39 is 12.2 Å². The van der Waals surface area contributed by atoms with Crippen LogP contribution in [0, 0.1) is 0 Å². The summed E-state index contributed by atoms with van der Waals surface area (Å²) < 4.78 is 16.6. The Bertz CT molecular complexity index is 859. The Balaban J connectivity index is 1.87. The normalized spacial score (nSPS) is 21.3. The molecule has 4 rings (SSSR count). The van der Waals surface area contributed by atoms with Crippen LogP contribution in [0.15, 0.2) is 24.3 Å². The summed E-state index contributed by atoms with van der Waals surface area (Å²) in [7, 11) is 1.40. The van der Waals surface area contributed by atoms with Gasteiger partial charge in [-0.2, -0.15) is 0 Å². The molecule has 2 aliphatic rings. The second-order valence-corrected chi connectivity index (χ2v) is 5.66. The molecule has 3 N–H and O–H groups in total. The molecule has 2 aromatic rings. The van der Waals surface area contributed by atoms with Crippen molar-refractivity contribution in [3.63, 3.8) is 0 Å². The fraction of sp³-hybridized carbons (Fsp3) is 0.235. The van der Waals surface area contributed by atoms with Crippen molar-refractivity contribution in [2.45, 2.75) is 18.8 Å². The van der Waals surface area contributed by atoms with E-state index in [0.717, 1.165) is 0 Å². The van der Waals surface area contributed by atoms with Crippen LogP contribution in [0.3, 0.4) is 0 Å². The molecule has 0 fully saturated rings.